The molecule has 15 heavy (non-hydrogen) atoms. The Morgan fingerprint density at radius 1 is 1.47 bits per heavy atom. The predicted molar refractivity (Wildman–Crippen MR) is 54.4 cm³/mol. The van der Waals surface area contributed by atoms with Crippen LogP contribution in [0, 0.1) is 0 Å². The second-order valence-corrected chi connectivity index (χ2v) is 3.33. The lowest BCUT2D eigenvalue weighted by Crippen LogP contribution is -2.43. The Morgan fingerprint density at radius 3 is 2.87 bits per heavy atom. The van der Waals surface area contributed by atoms with Crippen LogP contribution in [-0.2, 0) is 4.74 Å². The molecule has 1 N–H and O–H groups in total. The van der Waals surface area contributed by atoms with Gasteiger partial charge in [-0.1, -0.05) is 6.07 Å². The van der Waals surface area contributed by atoms with E-state index in [1.807, 2.05) is 6.92 Å². The Labute approximate surface area is 92.3 Å². The largest absolute Gasteiger partial charge is 0.504 e. The fourth-order valence-corrected chi connectivity index (χ4v) is 1.59. The molecule has 0 saturated heterocycles. The molecule has 0 aromatic heterocycles. The summed E-state index contributed by atoms with van der Waals surface area (Å²) in [6.07, 6.45) is 0. The molecule has 0 aliphatic carbocycles. The van der Waals surface area contributed by atoms with Crippen LogP contribution in [0.25, 0.3) is 0 Å². The molecule has 1 aromatic carbocycles. The van der Waals surface area contributed by atoms with Gasteiger partial charge in [-0.15, -0.1) is 11.6 Å². The number of fused-ring (bicyclic) bond motifs is 1. The molecule has 1 atom stereocenters. The van der Waals surface area contributed by atoms with Gasteiger partial charge in [-0.05, 0) is 19.1 Å². The smallest absolute Gasteiger partial charge is 0.386 e. The van der Waals surface area contributed by atoms with Gasteiger partial charge < -0.3 is 19.3 Å². The van der Waals surface area contributed by atoms with E-state index in [0.29, 0.717) is 12.4 Å². The minimum Gasteiger partial charge on any atom is -0.504 e. The van der Waals surface area contributed by atoms with Crippen LogP contribution in [0.1, 0.15) is 6.92 Å². The van der Waals surface area contributed by atoms with Gasteiger partial charge >= 0.3 is 5.97 Å². The van der Waals surface area contributed by atoms with E-state index in [2.05, 4.69) is 0 Å². The van der Waals surface area contributed by atoms with Crippen molar-refractivity contribution in [2.45, 2.75) is 12.9 Å². The van der Waals surface area contributed by atoms with Crippen molar-refractivity contribution in [2.75, 3.05) is 12.5 Å². The number of rotatable bonds is 3. The molecule has 0 radical (unpaired) electrons. The molecule has 1 aromatic rings. The van der Waals surface area contributed by atoms with Gasteiger partial charge in [0.05, 0.1) is 6.61 Å². The number of phenolic OH excluding ortho intramolecular Hbond substituents is 1. The summed E-state index contributed by atoms with van der Waals surface area (Å²) in [7, 11) is 0. The average Bonchev–Trinajstić information content (AvgIpc) is 2.59. The van der Waals surface area contributed by atoms with Crippen LogP contribution in [0.15, 0.2) is 18.2 Å². The maximum Gasteiger partial charge on any atom is 0.386 e. The Hall–Kier alpha value is -1.13. The van der Waals surface area contributed by atoms with Gasteiger partial charge in [0.25, 0.3) is 0 Å². The molecule has 0 saturated carbocycles. The summed E-state index contributed by atoms with van der Waals surface area (Å²) in [5, 5.41) is 9.52. The van der Waals surface area contributed by atoms with E-state index in [9.17, 15) is 5.11 Å². The van der Waals surface area contributed by atoms with Crippen molar-refractivity contribution >= 4 is 11.6 Å². The summed E-state index contributed by atoms with van der Waals surface area (Å²) < 4.78 is 16.1. The summed E-state index contributed by atoms with van der Waals surface area (Å²) >= 11 is 5.73. The van der Waals surface area contributed by atoms with E-state index in [0.717, 1.165) is 0 Å². The van der Waals surface area contributed by atoms with Crippen molar-refractivity contribution in [2.24, 2.45) is 0 Å². The van der Waals surface area contributed by atoms with Crippen LogP contribution in [0.3, 0.4) is 0 Å². The third-order valence-corrected chi connectivity index (χ3v) is 2.34. The van der Waals surface area contributed by atoms with E-state index in [-0.39, 0.29) is 17.4 Å². The molecule has 1 unspecified atom stereocenters. The number of hydrogen-bond donors (Lipinski definition) is 1. The maximum atomic E-state index is 9.52. The van der Waals surface area contributed by atoms with Gasteiger partial charge in [0.15, 0.2) is 11.5 Å². The normalized spacial score (nSPS) is 23.1. The summed E-state index contributed by atoms with van der Waals surface area (Å²) in [5.74, 6) is -0.568. The molecule has 5 heteroatoms. The molecule has 82 valence electrons. The first-order valence-corrected chi connectivity index (χ1v) is 5.14. The fraction of sp³-hybridized carbons (Fsp3) is 0.400. The molecule has 0 fully saturated rings. The molecule has 0 amide bonds. The van der Waals surface area contributed by atoms with Gasteiger partial charge in [0.1, 0.15) is 5.88 Å². The number of benzene rings is 1. The minimum atomic E-state index is -1.31. The highest BCUT2D eigenvalue weighted by Crippen LogP contribution is 2.45. The Morgan fingerprint density at radius 2 is 2.27 bits per heavy atom. The highest BCUT2D eigenvalue weighted by Gasteiger charge is 2.43. The lowest BCUT2D eigenvalue weighted by atomic mass is 10.3. The van der Waals surface area contributed by atoms with Gasteiger partial charge in [0.2, 0.25) is 5.75 Å². The van der Waals surface area contributed by atoms with Crippen molar-refractivity contribution < 1.29 is 19.3 Å². The van der Waals surface area contributed by atoms with Crippen LogP contribution >= 0.6 is 11.6 Å². The zero-order valence-corrected chi connectivity index (χ0v) is 8.95. The number of ether oxygens (including phenoxy) is 3. The zero-order chi connectivity index (χ0) is 10.9. The number of aromatic hydroxyl groups is 1. The van der Waals surface area contributed by atoms with E-state index >= 15 is 0 Å². The standard InChI is InChI=1S/C10H11ClO4/c1-2-13-10(6-11)14-8-5-3-4-7(12)9(8)15-10/h3-5,12H,2,6H2,1H3. The van der Waals surface area contributed by atoms with Crippen molar-refractivity contribution in [1.29, 1.82) is 0 Å². The number of halogens is 1. The highest BCUT2D eigenvalue weighted by atomic mass is 35.5. The van der Waals surface area contributed by atoms with E-state index in [1.54, 1.807) is 12.1 Å². The molecule has 0 bridgehead atoms. The van der Waals surface area contributed by atoms with Crippen LogP contribution in [0.2, 0.25) is 0 Å². The molecular formula is C10H11ClO4. The van der Waals surface area contributed by atoms with Crippen molar-refractivity contribution in [3.05, 3.63) is 18.2 Å². The van der Waals surface area contributed by atoms with Gasteiger partial charge in [-0.3, -0.25) is 0 Å². The number of alkyl halides is 1. The van der Waals surface area contributed by atoms with Gasteiger partial charge in [-0.2, -0.15) is 0 Å². The Kier molecular flexibility index (Phi) is 2.63. The molecule has 1 heterocycles. The first kappa shape index (κ1) is 10.4. The summed E-state index contributed by atoms with van der Waals surface area (Å²) in [6, 6.07) is 4.86. The molecule has 4 nitrogen and oxygen atoms in total. The van der Waals surface area contributed by atoms with Crippen molar-refractivity contribution in [3.63, 3.8) is 0 Å². The lowest BCUT2D eigenvalue weighted by Gasteiger charge is -2.23. The minimum absolute atomic E-state index is 0.0131. The van der Waals surface area contributed by atoms with E-state index in [1.165, 1.54) is 6.07 Å². The molecule has 1 aliphatic heterocycles. The quantitative estimate of drug-likeness (QED) is 0.808. The second-order valence-electron chi connectivity index (χ2n) is 3.06. The number of phenols is 1. The fourth-order valence-electron chi connectivity index (χ4n) is 1.40. The third-order valence-electron chi connectivity index (χ3n) is 2.01. The molecular weight excluding hydrogens is 220 g/mol. The summed E-state index contributed by atoms with van der Waals surface area (Å²) in [5.41, 5.74) is 0. The predicted octanol–water partition coefficient (Wildman–Crippen LogP) is 2.09. The summed E-state index contributed by atoms with van der Waals surface area (Å²) in [4.78, 5) is 0. The molecule has 0 spiro atoms. The topological polar surface area (TPSA) is 47.9 Å². The van der Waals surface area contributed by atoms with Crippen molar-refractivity contribution in [1.82, 2.24) is 0 Å². The molecule has 1 aliphatic rings. The van der Waals surface area contributed by atoms with E-state index < -0.39 is 5.97 Å². The van der Waals surface area contributed by atoms with Crippen LogP contribution in [-0.4, -0.2) is 23.6 Å². The number of para-hydroxylation sites is 1. The first-order chi connectivity index (χ1) is 7.21. The average molecular weight is 231 g/mol. The summed E-state index contributed by atoms with van der Waals surface area (Å²) in [6.45, 7) is 2.21. The maximum absolute atomic E-state index is 9.52. The van der Waals surface area contributed by atoms with E-state index in [4.69, 9.17) is 25.8 Å². The zero-order valence-electron chi connectivity index (χ0n) is 8.20. The Bertz CT molecular complexity index is 368. The van der Waals surface area contributed by atoms with Crippen molar-refractivity contribution in [3.8, 4) is 17.2 Å². The van der Waals surface area contributed by atoms with Crippen LogP contribution < -0.4 is 9.47 Å². The SMILES string of the molecule is CCOC1(CCl)Oc2cccc(O)c2O1. The van der Waals surface area contributed by atoms with Crippen LogP contribution in [0.4, 0.5) is 0 Å². The lowest BCUT2D eigenvalue weighted by molar-refractivity contribution is -0.264. The Balaban J connectivity index is 2.31. The third kappa shape index (κ3) is 1.70. The monoisotopic (exact) mass is 230 g/mol. The highest BCUT2D eigenvalue weighted by molar-refractivity contribution is 6.18. The first-order valence-electron chi connectivity index (χ1n) is 4.60. The van der Waals surface area contributed by atoms with Gasteiger partial charge in [0, 0.05) is 0 Å². The van der Waals surface area contributed by atoms with Crippen LogP contribution in [0.5, 0.6) is 17.2 Å². The number of hydrogen-bond acceptors (Lipinski definition) is 4. The second kappa shape index (κ2) is 3.79. The molecule has 2 rings (SSSR count). The van der Waals surface area contributed by atoms with Gasteiger partial charge in [-0.25, -0.2) is 0 Å².